The number of benzene rings is 2. The van der Waals surface area contributed by atoms with Crippen molar-refractivity contribution in [1.82, 2.24) is 15.0 Å². The number of fused-ring (bicyclic) bond motifs is 3. The summed E-state index contributed by atoms with van der Waals surface area (Å²) in [7, 11) is 0. The number of hydrogen-bond acceptors (Lipinski definition) is 6. The lowest BCUT2D eigenvalue weighted by Crippen LogP contribution is -2.22. The summed E-state index contributed by atoms with van der Waals surface area (Å²) in [5.41, 5.74) is 5.99. The average molecular weight is 419 g/mol. The number of esters is 1. The molecular weight excluding hydrogens is 394 g/mol. The first-order valence-electron chi connectivity index (χ1n) is 10.6. The van der Waals surface area contributed by atoms with Crippen LogP contribution in [0, 0.1) is 25.7 Å². The molecule has 1 N–H and O–H groups in total. The quantitative estimate of drug-likeness (QED) is 0.644. The van der Waals surface area contributed by atoms with Crippen LogP contribution in [0.25, 0.3) is 5.69 Å². The van der Waals surface area contributed by atoms with E-state index >= 15 is 0 Å². The smallest absolute Gasteiger partial charge is 0.309 e. The number of carbonyl (C=O) groups is 1. The molecule has 3 aromatic rings. The summed E-state index contributed by atoms with van der Waals surface area (Å²) in [6.45, 7) is 6.36. The first-order valence-corrected chi connectivity index (χ1v) is 10.6. The predicted molar refractivity (Wildman–Crippen MR) is 113 cm³/mol. The third-order valence-corrected chi connectivity index (χ3v) is 6.59. The van der Waals surface area contributed by atoms with Crippen LogP contribution < -0.4 is 4.74 Å². The highest BCUT2D eigenvalue weighted by Gasteiger charge is 2.46. The predicted octanol–water partition coefficient (Wildman–Crippen LogP) is 3.97. The standard InChI is InChI=1S/C24H25N3O4/c1-13-9-21(15(3)22-19(13)7-8-20-14(2)24(29)31-23(20)22)30-12-16-11-27(26-25-16)17-5-4-6-18(28)10-17/h4-6,9-11,14,20,23,28H,7-8,12H2,1-3H3. The van der Waals surface area contributed by atoms with Gasteiger partial charge in [-0.3, -0.25) is 4.79 Å². The van der Waals surface area contributed by atoms with Gasteiger partial charge in [0.1, 0.15) is 29.9 Å². The number of aromatic nitrogens is 3. The second kappa shape index (κ2) is 7.41. The largest absolute Gasteiger partial charge is 0.508 e. The van der Waals surface area contributed by atoms with Gasteiger partial charge in [0.2, 0.25) is 0 Å². The molecule has 1 aromatic heterocycles. The number of carbonyl (C=O) groups excluding carboxylic acids is 1. The number of nitrogens with zero attached hydrogens (tertiary/aromatic N) is 3. The first-order chi connectivity index (χ1) is 14.9. The molecule has 0 spiro atoms. The summed E-state index contributed by atoms with van der Waals surface area (Å²) in [6, 6.07) is 8.89. The summed E-state index contributed by atoms with van der Waals surface area (Å²) in [5, 5.41) is 18.0. The van der Waals surface area contributed by atoms with E-state index in [4.69, 9.17) is 9.47 Å². The van der Waals surface area contributed by atoms with Crippen LogP contribution >= 0.6 is 0 Å². The Morgan fingerprint density at radius 3 is 2.94 bits per heavy atom. The van der Waals surface area contributed by atoms with Crippen molar-refractivity contribution in [2.45, 2.75) is 46.3 Å². The summed E-state index contributed by atoms with van der Waals surface area (Å²) in [4.78, 5) is 12.2. The maximum absolute atomic E-state index is 12.2. The van der Waals surface area contributed by atoms with Gasteiger partial charge < -0.3 is 14.6 Å². The molecule has 0 bridgehead atoms. The Morgan fingerprint density at radius 2 is 2.13 bits per heavy atom. The fourth-order valence-electron chi connectivity index (χ4n) is 4.85. The fourth-order valence-corrected chi connectivity index (χ4v) is 4.85. The van der Waals surface area contributed by atoms with Crippen LogP contribution in [0.2, 0.25) is 0 Å². The Balaban J connectivity index is 1.40. The van der Waals surface area contributed by atoms with Gasteiger partial charge in [-0.2, -0.15) is 0 Å². The molecule has 7 heteroatoms. The van der Waals surface area contributed by atoms with Crippen LogP contribution in [-0.2, 0) is 22.6 Å². The highest BCUT2D eigenvalue weighted by molar-refractivity contribution is 5.76. The molecule has 0 amide bonds. The van der Waals surface area contributed by atoms with Crippen molar-refractivity contribution >= 4 is 5.97 Å². The van der Waals surface area contributed by atoms with Gasteiger partial charge in [-0.1, -0.05) is 18.2 Å². The number of aryl methyl sites for hydroxylation is 1. The molecule has 0 radical (unpaired) electrons. The Kier molecular flexibility index (Phi) is 4.68. The van der Waals surface area contributed by atoms with Crippen molar-refractivity contribution in [3.05, 3.63) is 64.5 Å². The normalized spacial score (nSPS) is 22.0. The minimum atomic E-state index is -0.180. The van der Waals surface area contributed by atoms with E-state index in [2.05, 4.69) is 23.3 Å². The summed E-state index contributed by atoms with van der Waals surface area (Å²) in [5.74, 6) is 1.02. The van der Waals surface area contributed by atoms with Crippen molar-refractivity contribution in [2.24, 2.45) is 11.8 Å². The van der Waals surface area contributed by atoms with Gasteiger partial charge in [0.15, 0.2) is 0 Å². The Labute approximate surface area is 180 Å². The molecule has 0 saturated carbocycles. The van der Waals surface area contributed by atoms with E-state index in [1.54, 1.807) is 29.1 Å². The Morgan fingerprint density at radius 1 is 1.29 bits per heavy atom. The Bertz CT molecular complexity index is 1170. The molecule has 1 saturated heterocycles. The van der Waals surface area contributed by atoms with Crippen molar-refractivity contribution < 1.29 is 19.4 Å². The second-order valence-corrected chi connectivity index (χ2v) is 8.52. The van der Waals surface area contributed by atoms with Gasteiger partial charge in [0, 0.05) is 17.5 Å². The topological polar surface area (TPSA) is 86.5 Å². The van der Waals surface area contributed by atoms with Gasteiger partial charge in [-0.15, -0.1) is 5.10 Å². The molecular formula is C24H25N3O4. The van der Waals surface area contributed by atoms with E-state index in [0.29, 0.717) is 5.69 Å². The molecule has 2 aromatic carbocycles. The number of aromatic hydroxyl groups is 1. The van der Waals surface area contributed by atoms with Crippen LogP contribution in [0.15, 0.2) is 36.5 Å². The van der Waals surface area contributed by atoms with Crippen molar-refractivity contribution in [2.75, 3.05) is 0 Å². The summed E-state index contributed by atoms with van der Waals surface area (Å²) < 4.78 is 13.5. The van der Waals surface area contributed by atoms with E-state index < -0.39 is 0 Å². The van der Waals surface area contributed by atoms with Crippen LogP contribution in [-0.4, -0.2) is 26.1 Å². The average Bonchev–Trinajstić information content (AvgIpc) is 3.34. The van der Waals surface area contributed by atoms with Gasteiger partial charge in [-0.05, 0) is 61.6 Å². The van der Waals surface area contributed by atoms with E-state index in [9.17, 15) is 9.90 Å². The lowest BCUT2D eigenvalue weighted by molar-refractivity contribution is -0.144. The number of hydrogen-bond donors (Lipinski definition) is 1. The van der Waals surface area contributed by atoms with Crippen molar-refractivity contribution in [3.8, 4) is 17.2 Å². The molecule has 3 unspecified atom stereocenters. The van der Waals surface area contributed by atoms with Gasteiger partial charge in [0.25, 0.3) is 0 Å². The molecule has 1 fully saturated rings. The molecule has 7 nitrogen and oxygen atoms in total. The third kappa shape index (κ3) is 3.34. The molecule has 2 aliphatic rings. The van der Waals surface area contributed by atoms with Crippen LogP contribution in [0.1, 0.15) is 47.4 Å². The highest BCUT2D eigenvalue weighted by Crippen LogP contribution is 2.49. The lowest BCUT2D eigenvalue weighted by Gasteiger charge is -2.31. The second-order valence-electron chi connectivity index (χ2n) is 8.52. The Hall–Kier alpha value is -3.35. The van der Waals surface area contributed by atoms with Gasteiger partial charge in [0.05, 0.1) is 17.8 Å². The zero-order valence-corrected chi connectivity index (χ0v) is 17.8. The molecule has 3 atom stereocenters. The minimum Gasteiger partial charge on any atom is -0.508 e. The minimum absolute atomic E-state index is 0.0603. The maximum Gasteiger partial charge on any atom is 0.309 e. The number of phenols is 1. The molecule has 1 aliphatic heterocycles. The molecule has 5 rings (SSSR count). The van der Waals surface area contributed by atoms with E-state index in [1.807, 2.05) is 19.9 Å². The van der Waals surface area contributed by atoms with Gasteiger partial charge >= 0.3 is 5.97 Å². The number of phenolic OH excluding ortho intramolecular Hbond substituents is 1. The zero-order valence-electron chi connectivity index (χ0n) is 17.8. The third-order valence-electron chi connectivity index (χ3n) is 6.59. The van der Waals surface area contributed by atoms with E-state index in [1.165, 1.54) is 5.56 Å². The molecule has 31 heavy (non-hydrogen) atoms. The summed E-state index contributed by atoms with van der Waals surface area (Å²) in [6.07, 6.45) is 3.54. The molecule has 2 heterocycles. The zero-order chi connectivity index (χ0) is 21.7. The molecule has 160 valence electrons. The fraction of sp³-hybridized carbons (Fsp3) is 0.375. The van der Waals surface area contributed by atoms with Crippen molar-refractivity contribution in [1.29, 1.82) is 0 Å². The summed E-state index contributed by atoms with van der Waals surface area (Å²) >= 11 is 0. The van der Waals surface area contributed by atoms with Crippen LogP contribution in [0.3, 0.4) is 0 Å². The lowest BCUT2D eigenvalue weighted by atomic mass is 9.74. The van der Waals surface area contributed by atoms with Crippen LogP contribution in [0.4, 0.5) is 0 Å². The number of rotatable bonds is 4. The highest BCUT2D eigenvalue weighted by atomic mass is 16.6. The monoisotopic (exact) mass is 419 g/mol. The maximum atomic E-state index is 12.2. The van der Waals surface area contributed by atoms with E-state index in [-0.39, 0.29) is 36.3 Å². The van der Waals surface area contributed by atoms with Crippen LogP contribution in [0.5, 0.6) is 11.5 Å². The van der Waals surface area contributed by atoms with Crippen molar-refractivity contribution in [3.63, 3.8) is 0 Å². The number of ether oxygens (including phenoxy) is 2. The van der Waals surface area contributed by atoms with E-state index in [0.717, 1.165) is 41.0 Å². The first kappa shape index (κ1) is 19.6. The SMILES string of the molecule is Cc1cc(OCc2cn(-c3cccc(O)c3)nn2)c(C)c2c1CCC1C(C)C(=O)OC21. The molecule has 1 aliphatic carbocycles. The van der Waals surface area contributed by atoms with Gasteiger partial charge in [-0.25, -0.2) is 4.68 Å².